The number of hydrogen-bond donors (Lipinski definition) is 1. The maximum Gasteiger partial charge on any atom is 0.434 e. The molecule has 0 saturated carbocycles. The molecule has 10 heteroatoms. The fourth-order valence-electron chi connectivity index (χ4n) is 2.92. The maximum absolute atomic E-state index is 13.4. The first-order valence-corrected chi connectivity index (χ1v) is 7.86. The fourth-order valence-corrected chi connectivity index (χ4v) is 2.92. The average Bonchev–Trinajstić information content (AvgIpc) is 2.66. The summed E-state index contributed by atoms with van der Waals surface area (Å²) in [6, 6.07) is 11.4. The van der Waals surface area contributed by atoms with Crippen molar-refractivity contribution in [1.82, 2.24) is 0 Å². The Morgan fingerprint density at radius 1 is 1.14 bits per heavy atom. The summed E-state index contributed by atoms with van der Waals surface area (Å²) < 4.78 is 40.2. The van der Waals surface area contributed by atoms with Crippen molar-refractivity contribution >= 4 is 23.7 Å². The van der Waals surface area contributed by atoms with Crippen LogP contribution in [0.2, 0.25) is 0 Å². The zero-order valence-corrected chi connectivity index (χ0v) is 14.0. The van der Waals surface area contributed by atoms with Gasteiger partial charge in [0, 0.05) is 17.8 Å². The molecule has 2 aromatic carbocycles. The molecule has 1 heterocycles. The van der Waals surface area contributed by atoms with E-state index in [1.54, 1.807) is 30.3 Å². The Morgan fingerprint density at radius 2 is 1.82 bits per heavy atom. The lowest BCUT2D eigenvalue weighted by Crippen LogP contribution is -2.37. The normalized spacial score (nSPS) is 17.0. The molecule has 0 aliphatic carbocycles. The van der Waals surface area contributed by atoms with Crippen molar-refractivity contribution in [1.29, 1.82) is 0 Å². The number of allylic oxidation sites excluding steroid dienone is 1. The lowest BCUT2D eigenvalue weighted by Gasteiger charge is -2.34. The fraction of sp³-hybridized carbons (Fsp3) is 0.111. The number of halogens is 3. The van der Waals surface area contributed by atoms with Crippen LogP contribution in [0.25, 0.3) is 0 Å². The van der Waals surface area contributed by atoms with Crippen LogP contribution < -0.4 is 4.90 Å². The number of nitrogens with zero attached hydrogens (tertiary/aromatic N) is 3. The number of anilines is 1. The van der Waals surface area contributed by atoms with Gasteiger partial charge in [-0.05, 0) is 17.7 Å². The minimum Gasteiger partial charge on any atom is -0.478 e. The molecule has 2 aromatic rings. The number of carbonyl (C=O) groups is 1. The molecule has 0 spiro atoms. The highest BCUT2D eigenvalue weighted by Crippen LogP contribution is 2.42. The Hall–Kier alpha value is -3.69. The van der Waals surface area contributed by atoms with E-state index < -0.39 is 34.4 Å². The van der Waals surface area contributed by atoms with E-state index in [0.717, 1.165) is 12.4 Å². The van der Waals surface area contributed by atoms with Crippen LogP contribution >= 0.6 is 0 Å². The highest BCUT2D eigenvalue weighted by Gasteiger charge is 2.45. The van der Waals surface area contributed by atoms with E-state index in [1.807, 2.05) is 0 Å². The highest BCUT2D eigenvalue weighted by molar-refractivity contribution is 5.96. The van der Waals surface area contributed by atoms with Gasteiger partial charge in [0.1, 0.15) is 0 Å². The van der Waals surface area contributed by atoms with Gasteiger partial charge in [0.15, 0.2) is 5.70 Å². The van der Waals surface area contributed by atoms with E-state index >= 15 is 0 Å². The van der Waals surface area contributed by atoms with Gasteiger partial charge in [-0.1, -0.05) is 30.3 Å². The van der Waals surface area contributed by atoms with Gasteiger partial charge < -0.3 is 10.0 Å². The zero-order valence-electron chi connectivity index (χ0n) is 14.0. The molecule has 0 amide bonds. The SMILES string of the molecule is O=C(O)C1=C(C(F)(F)F)N=CN(c2ccccc2)C1c1cccc([N+](=O)[O-])c1. The predicted octanol–water partition coefficient (Wildman–Crippen LogP) is 4.09. The molecule has 3 rings (SSSR count). The van der Waals surface area contributed by atoms with E-state index in [9.17, 15) is 33.2 Å². The van der Waals surface area contributed by atoms with Gasteiger partial charge in [0.2, 0.25) is 0 Å². The topological polar surface area (TPSA) is 96.0 Å². The molecule has 0 saturated heterocycles. The number of para-hydroxylation sites is 1. The first-order chi connectivity index (χ1) is 13.2. The molecular weight excluding hydrogens is 379 g/mol. The van der Waals surface area contributed by atoms with Crippen molar-refractivity contribution in [3.8, 4) is 0 Å². The van der Waals surface area contributed by atoms with Gasteiger partial charge in [-0.15, -0.1) is 0 Å². The number of nitro groups is 1. The molecule has 7 nitrogen and oxygen atoms in total. The second kappa shape index (κ2) is 7.14. The number of benzene rings is 2. The molecular formula is C18H12F3N3O4. The summed E-state index contributed by atoms with van der Waals surface area (Å²) in [4.78, 5) is 26.7. The predicted molar refractivity (Wildman–Crippen MR) is 94.0 cm³/mol. The molecule has 1 atom stereocenters. The minimum absolute atomic E-state index is 0.0170. The zero-order chi connectivity index (χ0) is 20.5. The summed E-state index contributed by atoms with van der Waals surface area (Å²) in [7, 11) is 0. The van der Waals surface area contributed by atoms with Gasteiger partial charge in [-0.3, -0.25) is 10.1 Å². The van der Waals surface area contributed by atoms with Crippen molar-refractivity contribution in [3.63, 3.8) is 0 Å². The van der Waals surface area contributed by atoms with Gasteiger partial charge >= 0.3 is 12.1 Å². The number of carboxylic acid groups (broad SMARTS) is 1. The molecule has 1 aliphatic rings. The molecule has 0 aromatic heterocycles. The molecule has 144 valence electrons. The van der Waals surface area contributed by atoms with Gasteiger partial charge in [-0.25, -0.2) is 9.79 Å². The summed E-state index contributed by atoms with van der Waals surface area (Å²) in [6.07, 6.45) is -4.12. The average molecular weight is 391 g/mol. The van der Waals surface area contributed by atoms with Crippen LogP contribution in [0.5, 0.6) is 0 Å². The van der Waals surface area contributed by atoms with Crippen molar-refractivity contribution in [2.45, 2.75) is 12.2 Å². The lowest BCUT2D eigenvalue weighted by molar-refractivity contribution is -0.384. The monoisotopic (exact) mass is 391 g/mol. The van der Waals surface area contributed by atoms with Crippen molar-refractivity contribution < 1.29 is 28.0 Å². The molecule has 1 N–H and O–H groups in total. The quantitative estimate of drug-likeness (QED) is 0.626. The second-order valence-corrected chi connectivity index (χ2v) is 5.81. The second-order valence-electron chi connectivity index (χ2n) is 5.81. The third kappa shape index (κ3) is 3.56. The number of non-ortho nitro benzene ring substituents is 1. The molecule has 0 bridgehead atoms. The van der Waals surface area contributed by atoms with Crippen LogP contribution in [0.3, 0.4) is 0 Å². The Morgan fingerprint density at radius 3 is 2.39 bits per heavy atom. The van der Waals surface area contributed by atoms with Crippen LogP contribution in [0, 0.1) is 10.1 Å². The lowest BCUT2D eigenvalue weighted by atomic mass is 9.93. The summed E-state index contributed by atoms with van der Waals surface area (Å²) in [5, 5.41) is 20.6. The van der Waals surface area contributed by atoms with Gasteiger partial charge in [0.25, 0.3) is 5.69 Å². The van der Waals surface area contributed by atoms with Crippen LogP contribution in [0.1, 0.15) is 11.6 Å². The first kappa shape index (κ1) is 19.1. The van der Waals surface area contributed by atoms with Crippen molar-refractivity contribution in [3.05, 3.63) is 81.5 Å². The van der Waals surface area contributed by atoms with E-state index in [2.05, 4.69) is 4.99 Å². The smallest absolute Gasteiger partial charge is 0.434 e. The van der Waals surface area contributed by atoms with Crippen LogP contribution in [0.15, 0.2) is 70.9 Å². The summed E-state index contributed by atoms with van der Waals surface area (Å²) in [5.74, 6) is -1.82. The maximum atomic E-state index is 13.4. The number of alkyl halides is 3. The summed E-state index contributed by atoms with van der Waals surface area (Å²) in [6.45, 7) is 0. The number of carboxylic acids is 1. The number of nitro benzene ring substituents is 1. The molecule has 1 aliphatic heterocycles. The molecule has 1 unspecified atom stereocenters. The van der Waals surface area contributed by atoms with Crippen molar-refractivity contribution in [2.75, 3.05) is 4.90 Å². The van der Waals surface area contributed by atoms with E-state index in [1.165, 1.54) is 23.1 Å². The number of hydrogen-bond acceptors (Lipinski definition) is 5. The first-order valence-electron chi connectivity index (χ1n) is 7.86. The largest absolute Gasteiger partial charge is 0.478 e. The Bertz CT molecular complexity index is 987. The van der Waals surface area contributed by atoms with Crippen molar-refractivity contribution in [2.24, 2.45) is 4.99 Å². The third-order valence-corrected chi connectivity index (χ3v) is 4.07. The van der Waals surface area contributed by atoms with Crippen LogP contribution in [0.4, 0.5) is 24.5 Å². The van der Waals surface area contributed by atoms with E-state index in [-0.39, 0.29) is 11.3 Å². The summed E-state index contributed by atoms with van der Waals surface area (Å²) >= 11 is 0. The highest BCUT2D eigenvalue weighted by atomic mass is 19.4. The molecule has 0 fully saturated rings. The van der Waals surface area contributed by atoms with Crippen LogP contribution in [-0.2, 0) is 4.79 Å². The van der Waals surface area contributed by atoms with E-state index in [4.69, 9.17) is 0 Å². The standard InChI is InChI=1S/C18H12F3N3O4/c19-18(20,21)16-14(17(25)26)15(11-5-4-8-13(9-11)24(27)28)23(10-22-16)12-6-2-1-3-7-12/h1-10,15H,(H,25,26). The third-order valence-electron chi connectivity index (χ3n) is 4.07. The van der Waals surface area contributed by atoms with E-state index in [0.29, 0.717) is 5.69 Å². The molecule has 0 radical (unpaired) electrons. The number of rotatable bonds is 4. The Kier molecular flexibility index (Phi) is 4.87. The van der Waals surface area contributed by atoms with Crippen LogP contribution in [-0.4, -0.2) is 28.5 Å². The number of aliphatic carboxylic acids is 1. The van der Waals surface area contributed by atoms with Gasteiger partial charge in [-0.2, -0.15) is 13.2 Å². The number of aliphatic imine (C=N–C) groups is 1. The Labute approximate surface area is 156 Å². The molecule has 28 heavy (non-hydrogen) atoms. The Balaban J connectivity index is 2.27. The minimum atomic E-state index is -5.01. The van der Waals surface area contributed by atoms with Gasteiger partial charge in [0.05, 0.1) is 22.9 Å². The summed E-state index contributed by atoms with van der Waals surface area (Å²) in [5.41, 5.74) is -2.54.